The molecular weight excluding hydrogens is 623 g/mol. The first kappa shape index (κ1) is 47.9. The van der Waals surface area contributed by atoms with Gasteiger partial charge in [0.25, 0.3) is 0 Å². The smallest absolute Gasteiger partial charge is 0.168 e. The maximum atomic E-state index is 6.78. The van der Waals surface area contributed by atoms with E-state index >= 15 is 0 Å². The molecule has 0 aromatic heterocycles. The van der Waals surface area contributed by atoms with Crippen LogP contribution in [0.3, 0.4) is 0 Å². The maximum Gasteiger partial charge on any atom is 0.168 e. The van der Waals surface area contributed by atoms with Crippen LogP contribution in [-0.4, -0.2) is 31.6 Å². The summed E-state index contributed by atoms with van der Waals surface area (Å²) in [5.74, 6) is 0.369. The lowest BCUT2D eigenvalue weighted by Gasteiger charge is -2.29. The summed E-state index contributed by atoms with van der Waals surface area (Å²) in [5.41, 5.74) is 0.313. The van der Waals surface area contributed by atoms with Crippen LogP contribution in [0.5, 0.6) is 0 Å². The molecule has 51 heavy (non-hydrogen) atoms. The second-order valence-electron chi connectivity index (χ2n) is 17.0. The number of ether oxygens (including phenoxy) is 2. The summed E-state index contributed by atoms with van der Waals surface area (Å²) in [7, 11) is 0. The zero-order valence-corrected chi connectivity index (χ0v) is 35.3. The van der Waals surface area contributed by atoms with E-state index in [9.17, 15) is 0 Å². The largest absolute Gasteiger partial charge is 0.347 e. The first-order valence-corrected chi connectivity index (χ1v) is 22.4. The van der Waals surface area contributed by atoms with Crippen molar-refractivity contribution in [2.24, 2.45) is 11.3 Å². The topological polar surface area (TPSA) is 30.5 Å². The Morgan fingerprint density at radius 3 is 1.43 bits per heavy atom. The van der Waals surface area contributed by atoms with Crippen LogP contribution < -0.4 is 5.32 Å². The van der Waals surface area contributed by atoms with E-state index in [1.807, 2.05) is 0 Å². The molecule has 0 aromatic rings. The SMILES string of the molecule is CCCCC/C=C\C/C=C\CCCCCCCCC1(CCCCCCCC/C=C\C/C=C\CCCCC)OCC(CNCC(C)(C)CC(C)C)O1. The van der Waals surface area contributed by atoms with Crippen LogP contribution in [0.2, 0.25) is 0 Å². The standard InChI is InChI=1S/C48H89NO2/c1-7-9-11-13-15-17-19-21-23-25-27-29-31-33-35-37-39-48(50-43-46(51-48)42-49-44-47(5,6)41-45(3)4)40-38-36-34-32-30-28-26-24-22-20-18-16-14-12-10-8-2/h15-18,21-24,45-46,49H,7-14,19-20,25-44H2,1-6H3/b17-15-,18-16-,23-21-,24-22-. The summed E-state index contributed by atoms with van der Waals surface area (Å²) in [6.45, 7) is 16.6. The van der Waals surface area contributed by atoms with Gasteiger partial charge in [-0.15, -0.1) is 0 Å². The Morgan fingerprint density at radius 2 is 1.00 bits per heavy atom. The molecule has 1 rings (SSSR count). The molecule has 1 aliphatic heterocycles. The second-order valence-corrected chi connectivity index (χ2v) is 17.0. The third kappa shape index (κ3) is 29.9. The van der Waals surface area contributed by atoms with E-state index in [-0.39, 0.29) is 11.9 Å². The zero-order chi connectivity index (χ0) is 37.1. The first-order chi connectivity index (χ1) is 24.8. The molecule has 0 amide bonds. The lowest BCUT2D eigenvalue weighted by Crippen LogP contribution is -2.38. The van der Waals surface area contributed by atoms with E-state index in [2.05, 4.69) is 95.5 Å². The van der Waals surface area contributed by atoms with Crippen LogP contribution in [0.1, 0.15) is 215 Å². The highest BCUT2D eigenvalue weighted by Gasteiger charge is 2.40. The molecule has 1 unspecified atom stereocenters. The van der Waals surface area contributed by atoms with Crippen molar-refractivity contribution >= 4 is 0 Å². The molecule has 1 fully saturated rings. The quantitative estimate of drug-likeness (QED) is 0.0518. The fraction of sp³-hybridized carbons (Fsp3) is 0.833. The molecule has 0 aromatic carbocycles. The highest BCUT2D eigenvalue weighted by Crippen LogP contribution is 2.35. The summed E-state index contributed by atoms with van der Waals surface area (Å²) in [5, 5.41) is 3.74. The molecular formula is C48H89NO2. The molecule has 0 saturated carbocycles. The van der Waals surface area contributed by atoms with E-state index in [0.717, 1.165) is 51.3 Å². The van der Waals surface area contributed by atoms with E-state index < -0.39 is 0 Å². The Kier molecular flexibility index (Phi) is 31.4. The van der Waals surface area contributed by atoms with Gasteiger partial charge < -0.3 is 14.8 Å². The van der Waals surface area contributed by atoms with Crippen molar-refractivity contribution in [3.8, 4) is 0 Å². The molecule has 1 aliphatic rings. The summed E-state index contributed by atoms with van der Waals surface area (Å²) >= 11 is 0. The normalized spacial score (nSPS) is 16.8. The lowest BCUT2D eigenvalue weighted by molar-refractivity contribution is -0.179. The van der Waals surface area contributed by atoms with Gasteiger partial charge in [0.05, 0.1) is 12.7 Å². The van der Waals surface area contributed by atoms with Gasteiger partial charge in [-0.2, -0.15) is 0 Å². The molecule has 3 nitrogen and oxygen atoms in total. The number of hydrogen-bond donors (Lipinski definition) is 1. The average Bonchev–Trinajstić information content (AvgIpc) is 3.49. The molecule has 1 saturated heterocycles. The fourth-order valence-electron chi connectivity index (χ4n) is 7.62. The number of hydrogen-bond acceptors (Lipinski definition) is 3. The molecule has 1 atom stereocenters. The van der Waals surface area contributed by atoms with Gasteiger partial charge in [-0.3, -0.25) is 0 Å². The zero-order valence-electron chi connectivity index (χ0n) is 35.3. The number of allylic oxidation sites excluding steroid dienone is 8. The van der Waals surface area contributed by atoms with Crippen LogP contribution >= 0.6 is 0 Å². The Hall–Kier alpha value is -1.16. The predicted molar refractivity (Wildman–Crippen MR) is 228 cm³/mol. The molecule has 0 spiro atoms. The highest BCUT2D eigenvalue weighted by molar-refractivity contribution is 4.93. The third-order valence-electron chi connectivity index (χ3n) is 10.4. The number of nitrogens with one attached hydrogen (secondary N) is 1. The van der Waals surface area contributed by atoms with Crippen LogP contribution in [0.25, 0.3) is 0 Å². The fourth-order valence-corrected chi connectivity index (χ4v) is 7.62. The molecule has 0 aliphatic carbocycles. The van der Waals surface area contributed by atoms with Gasteiger partial charge in [-0.25, -0.2) is 0 Å². The monoisotopic (exact) mass is 712 g/mol. The van der Waals surface area contributed by atoms with Gasteiger partial charge in [0.1, 0.15) is 0 Å². The van der Waals surface area contributed by atoms with Crippen molar-refractivity contribution in [2.45, 2.75) is 227 Å². The number of unbranched alkanes of at least 4 members (excludes halogenated alkanes) is 18. The Balaban J connectivity index is 2.31. The van der Waals surface area contributed by atoms with Crippen molar-refractivity contribution in [2.75, 3.05) is 19.7 Å². The Labute approximate surface area is 320 Å². The number of rotatable bonds is 36. The maximum absolute atomic E-state index is 6.78. The Bertz CT molecular complexity index is 820. The summed E-state index contributed by atoms with van der Waals surface area (Å²) in [6, 6.07) is 0. The van der Waals surface area contributed by atoms with Gasteiger partial charge in [0.2, 0.25) is 0 Å². The van der Waals surface area contributed by atoms with Gasteiger partial charge in [-0.05, 0) is 94.8 Å². The van der Waals surface area contributed by atoms with Crippen molar-refractivity contribution in [1.82, 2.24) is 5.32 Å². The molecule has 1 heterocycles. The highest BCUT2D eigenvalue weighted by atomic mass is 16.7. The minimum atomic E-state index is -0.357. The van der Waals surface area contributed by atoms with Gasteiger partial charge in [0, 0.05) is 25.9 Å². The average molecular weight is 712 g/mol. The first-order valence-electron chi connectivity index (χ1n) is 22.4. The second kappa shape index (κ2) is 33.4. The molecule has 0 radical (unpaired) electrons. The molecule has 0 bridgehead atoms. The van der Waals surface area contributed by atoms with Crippen molar-refractivity contribution < 1.29 is 9.47 Å². The van der Waals surface area contributed by atoms with Crippen LogP contribution in [0, 0.1) is 11.3 Å². The minimum absolute atomic E-state index is 0.175. The van der Waals surface area contributed by atoms with Crippen molar-refractivity contribution in [1.29, 1.82) is 0 Å². The minimum Gasteiger partial charge on any atom is -0.347 e. The lowest BCUT2D eigenvalue weighted by atomic mass is 9.84. The molecule has 3 heteroatoms. The summed E-state index contributed by atoms with van der Waals surface area (Å²) < 4.78 is 13.3. The van der Waals surface area contributed by atoms with Crippen LogP contribution in [0.4, 0.5) is 0 Å². The molecule has 298 valence electrons. The predicted octanol–water partition coefficient (Wildman–Crippen LogP) is 15.2. The summed E-state index contributed by atoms with van der Waals surface area (Å²) in [4.78, 5) is 0. The van der Waals surface area contributed by atoms with E-state index in [1.165, 1.54) is 148 Å². The van der Waals surface area contributed by atoms with E-state index in [1.54, 1.807) is 0 Å². The van der Waals surface area contributed by atoms with Crippen LogP contribution in [0.15, 0.2) is 48.6 Å². The Morgan fingerprint density at radius 1 is 0.588 bits per heavy atom. The summed E-state index contributed by atoms with van der Waals surface area (Å²) in [6.07, 6.45) is 53.3. The van der Waals surface area contributed by atoms with Gasteiger partial charge in [0.15, 0.2) is 5.79 Å². The van der Waals surface area contributed by atoms with Crippen LogP contribution in [-0.2, 0) is 9.47 Å². The van der Waals surface area contributed by atoms with E-state index in [0.29, 0.717) is 5.41 Å². The molecule has 1 N–H and O–H groups in total. The third-order valence-corrected chi connectivity index (χ3v) is 10.4. The van der Waals surface area contributed by atoms with Gasteiger partial charge >= 0.3 is 0 Å². The van der Waals surface area contributed by atoms with Crippen molar-refractivity contribution in [3.05, 3.63) is 48.6 Å². The van der Waals surface area contributed by atoms with Gasteiger partial charge in [-0.1, -0.05) is 167 Å². The van der Waals surface area contributed by atoms with E-state index in [4.69, 9.17) is 9.47 Å². The van der Waals surface area contributed by atoms with Crippen molar-refractivity contribution in [3.63, 3.8) is 0 Å².